The average molecular weight is 326 g/mol. The van der Waals surface area contributed by atoms with Crippen molar-refractivity contribution in [3.8, 4) is 16.5 Å². The molecule has 0 unspecified atom stereocenters. The van der Waals surface area contributed by atoms with Crippen molar-refractivity contribution < 1.29 is 9.53 Å². The Balaban J connectivity index is 1.63. The third-order valence-corrected chi connectivity index (χ3v) is 4.00. The molecule has 0 fully saturated rings. The summed E-state index contributed by atoms with van der Waals surface area (Å²) in [7, 11) is 1.62. The number of rotatable bonds is 5. The number of carbonyl (C=O) groups excluding carboxylic acids is 1. The maximum Gasteiger partial charge on any atom is 0.271 e. The fraction of sp³-hybridized carbons (Fsp3) is 0.125. The summed E-state index contributed by atoms with van der Waals surface area (Å²) in [6, 6.07) is 7.53. The first-order chi connectivity index (χ1) is 11.3. The van der Waals surface area contributed by atoms with Crippen molar-refractivity contribution in [2.24, 2.45) is 0 Å². The van der Waals surface area contributed by atoms with Crippen LogP contribution in [-0.4, -0.2) is 28.0 Å². The zero-order chi connectivity index (χ0) is 16.1. The number of thiazole rings is 1. The van der Waals surface area contributed by atoms with Gasteiger partial charge in [0.15, 0.2) is 0 Å². The molecule has 0 aliphatic rings. The molecule has 0 radical (unpaired) electrons. The molecule has 0 saturated carbocycles. The number of benzene rings is 1. The molecular weight excluding hydrogens is 312 g/mol. The van der Waals surface area contributed by atoms with Crippen molar-refractivity contribution in [2.75, 3.05) is 7.11 Å². The number of aromatic nitrogens is 3. The molecule has 1 aromatic carbocycles. The Bertz CT molecular complexity index is 787. The molecule has 1 amide bonds. The number of hydrogen-bond acceptors (Lipinski definition) is 6. The van der Waals surface area contributed by atoms with E-state index in [0.717, 1.165) is 11.3 Å². The number of nitrogens with one attached hydrogen (secondary N) is 1. The Morgan fingerprint density at radius 2 is 2.09 bits per heavy atom. The van der Waals surface area contributed by atoms with Gasteiger partial charge in [0.05, 0.1) is 13.3 Å². The SMILES string of the molecule is COc1ccc(CNC(=O)c2csc(-c3cnccn3)n2)cc1. The predicted molar refractivity (Wildman–Crippen MR) is 87.3 cm³/mol. The molecule has 0 spiro atoms. The van der Waals surface area contributed by atoms with Gasteiger partial charge in [-0.25, -0.2) is 4.98 Å². The van der Waals surface area contributed by atoms with Crippen LogP contribution in [0.1, 0.15) is 16.1 Å². The first-order valence-electron chi connectivity index (χ1n) is 6.89. The number of nitrogens with zero attached hydrogens (tertiary/aromatic N) is 3. The van der Waals surface area contributed by atoms with E-state index in [1.54, 1.807) is 31.1 Å². The van der Waals surface area contributed by atoms with Crippen molar-refractivity contribution in [1.29, 1.82) is 0 Å². The van der Waals surface area contributed by atoms with E-state index < -0.39 is 0 Å². The van der Waals surface area contributed by atoms with Gasteiger partial charge in [-0.05, 0) is 17.7 Å². The van der Waals surface area contributed by atoms with Crippen molar-refractivity contribution in [3.63, 3.8) is 0 Å². The minimum Gasteiger partial charge on any atom is -0.497 e. The largest absolute Gasteiger partial charge is 0.497 e. The Labute approximate surface area is 137 Å². The number of amides is 1. The van der Waals surface area contributed by atoms with Crippen LogP contribution < -0.4 is 10.1 Å². The lowest BCUT2D eigenvalue weighted by molar-refractivity contribution is 0.0946. The van der Waals surface area contributed by atoms with Crippen LogP contribution in [0.15, 0.2) is 48.2 Å². The zero-order valence-corrected chi connectivity index (χ0v) is 13.2. The maximum absolute atomic E-state index is 12.2. The Morgan fingerprint density at radius 1 is 1.26 bits per heavy atom. The monoisotopic (exact) mass is 326 g/mol. The molecule has 0 aliphatic carbocycles. The minimum absolute atomic E-state index is 0.216. The molecule has 0 bridgehead atoms. The summed E-state index contributed by atoms with van der Waals surface area (Å²) in [6.07, 6.45) is 4.82. The standard InChI is InChI=1S/C16H14N4O2S/c1-22-12-4-2-11(3-5-12)8-19-15(21)14-10-23-16(20-14)13-9-17-6-7-18-13/h2-7,9-10H,8H2,1H3,(H,19,21). The van der Waals surface area contributed by atoms with Crippen LogP contribution in [-0.2, 0) is 6.54 Å². The van der Waals surface area contributed by atoms with Gasteiger partial charge < -0.3 is 10.1 Å². The van der Waals surface area contributed by atoms with Crippen LogP contribution in [0.25, 0.3) is 10.7 Å². The molecule has 3 rings (SSSR count). The smallest absolute Gasteiger partial charge is 0.271 e. The number of ether oxygens (including phenoxy) is 1. The summed E-state index contributed by atoms with van der Waals surface area (Å²) in [5, 5.41) is 5.24. The molecule has 116 valence electrons. The lowest BCUT2D eigenvalue weighted by Crippen LogP contribution is -2.23. The van der Waals surface area contributed by atoms with E-state index in [9.17, 15) is 4.79 Å². The van der Waals surface area contributed by atoms with Gasteiger partial charge in [-0.1, -0.05) is 12.1 Å². The highest BCUT2D eigenvalue weighted by Gasteiger charge is 2.12. The van der Waals surface area contributed by atoms with E-state index >= 15 is 0 Å². The quantitative estimate of drug-likeness (QED) is 0.779. The van der Waals surface area contributed by atoms with Crippen LogP contribution in [0.5, 0.6) is 5.75 Å². The van der Waals surface area contributed by atoms with Gasteiger partial charge >= 0.3 is 0 Å². The summed E-state index contributed by atoms with van der Waals surface area (Å²) in [4.78, 5) is 24.6. The van der Waals surface area contributed by atoms with Gasteiger partial charge in [0.25, 0.3) is 5.91 Å². The highest BCUT2D eigenvalue weighted by Crippen LogP contribution is 2.20. The molecule has 23 heavy (non-hydrogen) atoms. The Hall–Kier alpha value is -2.80. The summed E-state index contributed by atoms with van der Waals surface area (Å²) in [5.41, 5.74) is 2.03. The highest BCUT2D eigenvalue weighted by atomic mass is 32.1. The van der Waals surface area contributed by atoms with Gasteiger partial charge in [-0.15, -0.1) is 11.3 Å². The summed E-state index contributed by atoms with van der Waals surface area (Å²) in [5.74, 6) is 0.570. The third-order valence-electron chi connectivity index (χ3n) is 3.13. The van der Waals surface area contributed by atoms with Crippen LogP contribution in [0.4, 0.5) is 0 Å². The molecule has 0 saturated heterocycles. The van der Waals surface area contributed by atoms with Gasteiger partial charge in [-0.3, -0.25) is 14.8 Å². The van der Waals surface area contributed by atoms with Crippen molar-refractivity contribution in [3.05, 3.63) is 59.5 Å². The number of carbonyl (C=O) groups is 1. The number of methoxy groups -OCH3 is 1. The summed E-state index contributed by atoms with van der Waals surface area (Å²) >= 11 is 1.37. The van der Waals surface area contributed by atoms with E-state index in [4.69, 9.17) is 4.74 Å². The molecule has 1 N–H and O–H groups in total. The lowest BCUT2D eigenvalue weighted by atomic mass is 10.2. The van der Waals surface area contributed by atoms with Crippen LogP contribution in [0.2, 0.25) is 0 Å². The van der Waals surface area contributed by atoms with E-state index in [-0.39, 0.29) is 5.91 Å². The Morgan fingerprint density at radius 3 is 2.78 bits per heavy atom. The fourth-order valence-corrected chi connectivity index (χ4v) is 2.68. The van der Waals surface area contributed by atoms with Gasteiger partial charge in [-0.2, -0.15) is 0 Å². The fourth-order valence-electron chi connectivity index (χ4n) is 1.92. The molecule has 2 heterocycles. The second-order valence-electron chi connectivity index (χ2n) is 4.66. The third kappa shape index (κ3) is 3.70. The maximum atomic E-state index is 12.2. The zero-order valence-electron chi connectivity index (χ0n) is 12.4. The van der Waals surface area contributed by atoms with Crippen molar-refractivity contribution >= 4 is 17.2 Å². The normalized spacial score (nSPS) is 10.3. The summed E-state index contributed by atoms with van der Waals surface area (Å²) < 4.78 is 5.10. The second-order valence-corrected chi connectivity index (χ2v) is 5.52. The second kappa shape index (κ2) is 6.97. The molecule has 0 atom stereocenters. The van der Waals surface area contributed by atoms with Crippen LogP contribution in [0, 0.1) is 0 Å². The minimum atomic E-state index is -0.216. The molecule has 2 aromatic heterocycles. The van der Waals surface area contributed by atoms with Crippen LogP contribution >= 0.6 is 11.3 Å². The Kier molecular flexibility index (Phi) is 4.58. The average Bonchev–Trinajstić information content (AvgIpc) is 3.11. The summed E-state index contributed by atoms with van der Waals surface area (Å²) in [6.45, 7) is 0.431. The van der Waals surface area contributed by atoms with E-state index in [1.807, 2.05) is 24.3 Å². The van der Waals surface area contributed by atoms with Gasteiger partial charge in [0.2, 0.25) is 0 Å². The van der Waals surface area contributed by atoms with Crippen LogP contribution in [0.3, 0.4) is 0 Å². The van der Waals surface area contributed by atoms with Gasteiger partial charge in [0.1, 0.15) is 22.1 Å². The first-order valence-corrected chi connectivity index (χ1v) is 7.77. The topological polar surface area (TPSA) is 77.0 Å². The molecule has 0 aliphatic heterocycles. The molecule has 7 heteroatoms. The number of hydrogen-bond donors (Lipinski definition) is 1. The lowest BCUT2D eigenvalue weighted by Gasteiger charge is -2.05. The molecular formula is C16H14N4O2S. The van der Waals surface area contributed by atoms with E-state index in [1.165, 1.54) is 11.3 Å². The van der Waals surface area contributed by atoms with Crippen molar-refractivity contribution in [1.82, 2.24) is 20.3 Å². The molecule has 6 nitrogen and oxygen atoms in total. The predicted octanol–water partition coefficient (Wildman–Crippen LogP) is 2.54. The first kappa shape index (κ1) is 15.1. The molecule has 3 aromatic rings. The van der Waals surface area contributed by atoms with Crippen molar-refractivity contribution in [2.45, 2.75) is 6.54 Å². The van der Waals surface area contributed by atoms with Gasteiger partial charge in [0, 0.05) is 24.3 Å². The highest BCUT2D eigenvalue weighted by molar-refractivity contribution is 7.13. The van der Waals surface area contributed by atoms with E-state index in [2.05, 4.69) is 20.3 Å². The van der Waals surface area contributed by atoms with E-state index in [0.29, 0.717) is 22.9 Å².